The zero-order chi connectivity index (χ0) is 12.5. The summed E-state index contributed by atoms with van der Waals surface area (Å²) in [6.45, 7) is 0. The number of hydrogen-bond donors (Lipinski definition) is 0. The van der Waals surface area contributed by atoms with Crippen molar-refractivity contribution in [2.24, 2.45) is 0 Å². The van der Waals surface area contributed by atoms with Gasteiger partial charge in [-0.1, -0.05) is 41.9 Å². The van der Waals surface area contributed by atoms with Gasteiger partial charge >= 0.3 is 0 Å². The van der Waals surface area contributed by atoms with Crippen LogP contribution in [0.25, 0.3) is 22.3 Å². The highest BCUT2D eigenvalue weighted by atomic mass is 35.5. The fourth-order valence-corrected chi connectivity index (χ4v) is 2.03. The maximum Gasteiger partial charge on any atom is 0.156 e. The van der Waals surface area contributed by atoms with E-state index in [2.05, 4.69) is 9.97 Å². The monoisotopic (exact) mass is 258 g/mol. The van der Waals surface area contributed by atoms with Crippen molar-refractivity contribution < 1.29 is 4.39 Å². The van der Waals surface area contributed by atoms with Crippen molar-refractivity contribution in [3.8, 4) is 11.3 Å². The van der Waals surface area contributed by atoms with Crippen molar-refractivity contribution in [3.05, 3.63) is 59.5 Å². The molecule has 0 saturated heterocycles. The molecular formula is C14H8ClFN2. The first-order valence-corrected chi connectivity index (χ1v) is 5.80. The Kier molecular flexibility index (Phi) is 2.68. The Morgan fingerprint density at radius 1 is 0.889 bits per heavy atom. The average molecular weight is 259 g/mol. The minimum atomic E-state index is -0.335. The molecule has 0 aliphatic rings. The normalized spacial score (nSPS) is 10.8. The van der Waals surface area contributed by atoms with Crippen LogP contribution in [0.4, 0.5) is 4.39 Å². The largest absolute Gasteiger partial charge is 0.243 e. The molecule has 2 aromatic carbocycles. The second-order valence-corrected chi connectivity index (χ2v) is 4.22. The molecule has 3 rings (SSSR count). The zero-order valence-electron chi connectivity index (χ0n) is 9.27. The Balaban J connectivity index is 2.27. The summed E-state index contributed by atoms with van der Waals surface area (Å²) in [6.07, 6.45) is 0. The standard InChI is InChI=1S/C14H8ClFN2/c15-14-13(9-4-2-1-3-5-9)17-12-8-10(16)6-7-11(12)18-14/h1-8H. The third-order valence-electron chi connectivity index (χ3n) is 2.63. The van der Waals surface area contributed by atoms with Crippen LogP contribution >= 0.6 is 11.6 Å². The van der Waals surface area contributed by atoms with Crippen LogP contribution in [0.5, 0.6) is 0 Å². The van der Waals surface area contributed by atoms with Crippen molar-refractivity contribution in [1.29, 1.82) is 0 Å². The molecule has 0 amide bonds. The van der Waals surface area contributed by atoms with Crippen LogP contribution in [0.3, 0.4) is 0 Å². The first-order chi connectivity index (χ1) is 8.74. The van der Waals surface area contributed by atoms with Crippen molar-refractivity contribution in [1.82, 2.24) is 9.97 Å². The van der Waals surface area contributed by atoms with Gasteiger partial charge in [-0.15, -0.1) is 0 Å². The summed E-state index contributed by atoms with van der Waals surface area (Å²) in [6, 6.07) is 13.7. The van der Waals surface area contributed by atoms with E-state index in [4.69, 9.17) is 11.6 Å². The summed E-state index contributed by atoms with van der Waals surface area (Å²) in [4.78, 5) is 8.60. The molecule has 1 heterocycles. The topological polar surface area (TPSA) is 25.8 Å². The highest BCUT2D eigenvalue weighted by Crippen LogP contribution is 2.26. The molecule has 1 aromatic heterocycles. The summed E-state index contributed by atoms with van der Waals surface area (Å²) in [5.41, 5.74) is 2.51. The van der Waals surface area contributed by atoms with Gasteiger partial charge in [0.15, 0.2) is 5.15 Å². The number of aromatic nitrogens is 2. The van der Waals surface area contributed by atoms with Gasteiger partial charge in [-0.3, -0.25) is 0 Å². The maximum absolute atomic E-state index is 13.2. The van der Waals surface area contributed by atoms with E-state index in [1.54, 1.807) is 6.07 Å². The van der Waals surface area contributed by atoms with Crippen molar-refractivity contribution in [3.63, 3.8) is 0 Å². The molecule has 0 radical (unpaired) electrons. The SMILES string of the molecule is Fc1ccc2nc(Cl)c(-c3ccccc3)nc2c1. The van der Waals surface area contributed by atoms with Gasteiger partial charge in [0.2, 0.25) is 0 Å². The Labute approximate surface area is 108 Å². The number of halogens is 2. The predicted octanol–water partition coefficient (Wildman–Crippen LogP) is 4.09. The summed E-state index contributed by atoms with van der Waals surface area (Å²) < 4.78 is 13.2. The van der Waals surface area contributed by atoms with Crippen molar-refractivity contribution in [2.45, 2.75) is 0 Å². The maximum atomic E-state index is 13.2. The third-order valence-corrected chi connectivity index (χ3v) is 2.89. The van der Waals surface area contributed by atoms with Crippen molar-refractivity contribution >= 4 is 22.6 Å². The number of benzene rings is 2. The molecule has 0 aliphatic carbocycles. The van der Waals surface area contributed by atoms with Crippen LogP contribution in [0.1, 0.15) is 0 Å². The van der Waals surface area contributed by atoms with E-state index in [1.165, 1.54) is 12.1 Å². The molecule has 0 unspecified atom stereocenters. The Hall–Kier alpha value is -2.00. The first-order valence-electron chi connectivity index (χ1n) is 5.42. The fourth-order valence-electron chi connectivity index (χ4n) is 1.79. The lowest BCUT2D eigenvalue weighted by Crippen LogP contribution is -1.91. The van der Waals surface area contributed by atoms with Crippen LogP contribution in [0, 0.1) is 5.82 Å². The van der Waals surface area contributed by atoms with Crippen LogP contribution in [-0.4, -0.2) is 9.97 Å². The summed E-state index contributed by atoms with van der Waals surface area (Å²) in [5, 5.41) is 0.320. The minimum Gasteiger partial charge on any atom is -0.243 e. The van der Waals surface area contributed by atoms with Gasteiger partial charge in [-0.2, -0.15) is 0 Å². The van der Waals surface area contributed by atoms with E-state index in [0.717, 1.165) is 5.56 Å². The van der Waals surface area contributed by atoms with Crippen LogP contribution < -0.4 is 0 Å². The predicted molar refractivity (Wildman–Crippen MR) is 69.9 cm³/mol. The molecule has 0 N–H and O–H groups in total. The minimum absolute atomic E-state index is 0.320. The molecule has 0 atom stereocenters. The fraction of sp³-hybridized carbons (Fsp3) is 0. The van der Waals surface area contributed by atoms with Gasteiger partial charge in [0.1, 0.15) is 11.5 Å². The smallest absolute Gasteiger partial charge is 0.156 e. The van der Waals surface area contributed by atoms with Crippen LogP contribution in [0.15, 0.2) is 48.5 Å². The average Bonchev–Trinajstić information content (AvgIpc) is 2.39. The van der Waals surface area contributed by atoms with E-state index in [0.29, 0.717) is 21.9 Å². The summed E-state index contributed by atoms with van der Waals surface area (Å²) in [5.74, 6) is -0.335. The van der Waals surface area contributed by atoms with E-state index in [1.807, 2.05) is 30.3 Å². The number of fused-ring (bicyclic) bond motifs is 1. The molecule has 0 fully saturated rings. The lowest BCUT2D eigenvalue weighted by atomic mass is 10.1. The first kappa shape index (κ1) is 11.1. The van der Waals surface area contributed by atoms with Gasteiger partial charge < -0.3 is 0 Å². The summed E-state index contributed by atoms with van der Waals surface area (Å²) >= 11 is 6.11. The van der Waals surface area contributed by atoms with Gasteiger partial charge in [-0.05, 0) is 12.1 Å². The second kappa shape index (κ2) is 4.35. The zero-order valence-corrected chi connectivity index (χ0v) is 10.0. The molecule has 2 nitrogen and oxygen atoms in total. The van der Waals surface area contributed by atoms with E-state index >= 15 is 0 Å². The van der Waals surface area contributed by atoms with Gasteiger partial charge in [0, 0.05) is 11.6 Å². The quantitative estimate of drug-likeness (QED) is 0.657. The lowest BCUT2D eigenvalue weighted by molar-refractivity contribution is 0.629. The Morgan fingerprint density at radius 2 is 1.67 bits per heavy atom. The van der Waals surface area contributed by atoms with E-state index in [-0.39, 0.29) is 5.82 Å². The van der Waals surface area contributed by atoms with E-state index < -0.39 is 0 Å². The molecule has 3 aromatic rings. The molecule has 0 saturated carbocycles. The number of hydrogen-bond acceptors (Lipinski definition) is 2. The van der Waals surface area contributed by atoms with Gasteiger partial charge in [0.05, 0.1) is 11.0 Å². The molecule has 0 aliphatic heterocycles. The highest BCUT2D eigenvalue weighted by Gasteiger charge is 2.09. The highest BCUT2D eigenvalue weighted by molar-refractivity contribution is 6.32. The van der Waals surface area contributed by atoms with Gasteiger partial charge in [-0.25, -0.2) is 14.4 Å². The lowest BCUT2D eigenvalue weighted by Gasteiger charge is -2.05. The Bertz CT molecular complexity index is 714. The molecule has 18 heavy (non-hydrogen) atoms. The molecule has 0 spiro atoms. The summed E-state index contributed by atoms with van der Waals surface area (Å²) in [7, 11) is 0. The van der Waals surface area contributed by atoms with E-state index in [9.17, 15) is 4.39 Å². The Morgan fingerprint density at radius 3 is 2.44 bits per heavy atom. The van der Waals surface area contributed by atoms with Gasteiger partial charge in [0.25, 0.3) is 0 Å². The molecule has 4 heteroatoms. The second-order valence-electron chi connectivity index (χ2n) is 3.86. The van der Waals surface area contributed by atoms with Crippen molar-refractivity contribution in [2.75, 3.05) is 0 Å². The number of nitrogens with zero attached hydrogens (tertiary/aromatic N) is 2. The molecule has 0 bridgehead atoms. The van der Waals surface area contributed by atoms with Crippen LogP contribution in [-0.2, 0) is 0 Å². The molecule has 88 valence electrons. The van der Waals surface area contributed by atoms with Crippen LogP contribution in [0.2, 0.25) is 5.15 Å². The third kappa shape index (κ3) is 1.93. The molecular weight excluding hydrogens is 251 g/mol. The number of rotatable bonds is 1.